The van der Waals surface area contributed by atoms with Gasteiger partial charge in [0.2, 0.25) is 0 Å². The van der Waals surface area contributed by atoms with E-state index in [0.717, 1.165) is 53.9 Å². The summed E-state index contributed by atoms with van der Waals surface area (Å²) < 4.78 is 3.62. The minimum Gasteiger partial charge on any atom is -0.274 e. The highest BCUT2D eigenvalue weighted by molar-refractivity contribution is 5.70. The average Bonchev–Trinajstić information content (AvgIpc) is 3.54. The molecule has 0 spiro atoms. The molecule has 4 aromatic rings. The Labute approximate surface area is 205 Å². The standard InChI is InChI=1S/C27H33N7O/c1-2-3-12-25-30-34(19-20-8-5-4-6-9-20)27(35)33(25)18-21-13-15-22(16-14-21)23-10-7-11-24(17-23)26-28-31-32-29-26/h7,10-11,13-17,20H,2-6,8-9,12,18-19H2,1H3,(H,28,29,31,32). The molecule has 35 heavy (non-hydrogen) atoms. The number of benzene rings is 2. The van der Waals surface area contributed by atoms with Crippen LogP contribution in [0.15, 0.2) is 53.3 Å². The molecule has 8 heteroatoms. The highest BCUT2D eigenvalue weighted by Crippen LogP contribution is 2.26. The van der Waals surface area contributed by atoms with E-state index in [2.05, 4.69) is 63.9 Å². The zero-order valence-electron chi connectivity index (χ0n) is 20.4. The van der Waals surface area contributed by atoms with Gasteiger partial charge in [-0.1, -0.05) is 75.1 Å². The molecule has 8 nitrogen and oxygen atoms in total. The summed E-state index contributed by atoms with van der Waals surface area (Å²) in [5.41, 5.74) is 4.26. The molecule has 0 radical (unpaired) electrons. The number of tetrazole rings is 1. The molecule has 0 saturated heterocycles. The van der Waals surface area contributed by atoms with E-state index in [0.29, 0.717) is 18.3 Å². The number of hydrogen-bond donors (Lipinski definition) is 1. The number of rotatable bonds is 9. The Kier molecular flexibility index (Phi) is 7.16. The van der Waals surface area contributed by atoms with Crippen LogP contribution in [0.1, 0.15) is 63.3 Å². The van der Waals surface area contributed by atoms with E-state index in [9.17, 15) is 4.79 Å². The molecule has 0 aliphatic heterocycles. The predicted octanol–water partition coefficient (Wildman–Crippen LogP) is 4.86. The van der Waals surface area contributed by atoms with Crippen LogP contribution in [0.2, 0.25) is 0 Å². The first-order chi connectivity index (χ1) is 17.2. The fraction of sp³-hybridized carbons (Fsp3) is 0.444. The fourth-order valence-electron chi connectivity index (χ4n) is 5.01. The molecular formula is C27H33N7O. The second-order valence-corrected chi connectivity index (χ2v) is 9.60. The number of aromatic nitrogens is 7. The molecule has 5 rings (SSSR count). The van der Waals surface area contributed by atoms with Gasteiger partial charge in [0, 0.05) is 18.5 Å². The van der Waals surface area contributed by atoms with Crippen molar-refractivity contribution in [1.29, 1.82) is 0 Å². The number of H-pyrrole nitrogens is 1. The molecule has 2 heterocycles. The molecule has 2 aromatic heterocycles. The lowest BCUT2D eigenvalue weighted by atomic mass is 9.89. The van der Waals surface area contributed by atoms with Gasteiger partial charge < -0.3 is 0 Å². The monoisotopic (exact) mass is 471 g/mol. The Morgan fingerprint density at radius 1 is 1.00 bits per heavy atom. The quantitative estimate of drug-likeness (QED) is 0.376. The third kappa shape index (κ3) is 5.42. The van der Waals surface area contributed by atoms with E-state index in [1.165, 1.54) is 32.1 Å². The Morgan fingerprint density at radius 2 is 1.80 bits per heavy atom. The first-order valence-electron chi connectivity index (χ1n) is 12.8. The van der Waals surface area contributed by atoms with Gasteiger partial charge in [-0.25, -0.2) is 14.6 Å². The van der Waals surface area contributed by atoms with Gasteiger partial charge in [-0.2, -0.15) is 5.10 Å². The van der Waals surface area contributed by atoms with Gasteiger partial charge in [0.1, 0.15) is 5.82 Å². The van der Waals surface area contributed by atoms with E-state index in [4.69, 9.17) is 5.10 Å². The van der Waals surface area contributed by atoms with Crippen LogP contribution in [0.4, 0.5) is 0 Å². The molecule has 2 aromatic carbocycles. The van der Waals surface area contributed by atoms with Crippen LogP contribution in [0.5, 0.6) is 0 Å². The smallest absolute Gasteiger partial charge is 0.274 e. The number of nitrogens with one attached hydrogen (secondary N) is 1. The number of hydrogen-bond acceptors (Lipinski definition) is 5. The number of aromatic amines is 1. The largest absolute Gasteiger partial charge is 0.346 e. The summed E-state index contributed by atoms with van der Waals surface area (Å²) in [4.78, 5) is 13.3. The molecule has 1 fully saturated rings. The van der Waals surface area contributed by atoms with E-state index < -0.39 is 0 Å². The van der Waals surface area contributed by atoms with Crippen molar-refractivity contribution in [3.63, 3.8) is 0 Å². The van der Waals surface area contributed by atoms with Crippen LogP contribution in [0.3, 0.4) is 0 Å². The molecule has 1 saturated carbocycles. The molecule has 1 aliphatic carbocycles. The Bertz CT molecular complexity index is 1280. The summed E-state index contributed by atoms with van der Waals surface area (Å²) in [6.07, 6.45) is 9.24. The van der Waals surface area contributed by atoms with Gasteiger partial charge in [-0.15, -0.1) is 5.10 Å². The maximum absolute atomic E-state index is 13.3. The lowest BCUT2D eigenvalue weighted by molar-refractivity contribution is 0.303. The molecular weight excluding hydrogens is 438 g/mol. The summed E-state index contributed by atoms with van der Waals surface area (Å²) >= 11 is 0. The van der Waals surface area contributed by atoms with E-state index >= 15 is 0 Å². The molecule has 182 valence electrons. The molecule has 0 amide bonds. The van der Waals surface area contributed by atoms with Crippen molar-refractivity contribution in [2.45, 2.75) is 71.4 Å². The fourth-order valence-corrected chi connectivity index (χ4v) is 5.01. The van der Waals surface area contributed by atoms with Crippen LogP contribution in [-0.2, 0) is 19.5 Å². The topological polar surface area (TPSA) is 94.3 Å². The van der Waals surface area contributed by atoms with Crippen LogP contribution in [0.25, 0.3) is 22.5 Å². The summed E-state index contributed by atoms with van der Waals surface area (Å²) in [5.74, 6) is 2.13. The first kappa shape index (κ1) is 23.2. The van der Waals surface area contributed by atoms with Crippen LogP contribution < -0.4 is 5.69 Å². The maximum atomic E-state index is 13.3. The highest BCUT2D eigenvalue weighted by atomic mass is 16.2. The van der Waals surface area contributed by atoms with Crippen molar-refractivity contribution >= 4 is 0 Å². The van der Waals surface area contributed by atoms with Gasteiger partial charge in [-0.05, 0) is 58.4 Å². The summed E-state index contributed by atoms with van der Waals surface area (Å²) in [5, 5.41) is 18.9. The first-order valence-corrected chi connectivity index (χ1v) is 12.8. The van der Waals surface area contributed by atoms with E-state index in [1.807, 2.05) is 16.7 Å². The molecule has 0 bridgehead atoms. The molecule has 1 N–H and O–H groups in total. The lowest BCUT2D eigenvalue weighted by Gasteiger charge is -2.20. The Hall–Kier alpha value is -3.55. The summed E-state index contributed by atoms with van der Waals surface area (Å²) in [6.45, 7) is 3.47. The minimum atomic E-state index is 0.0270. The summed E-state index contributed by atoms with van der Waals surface area (Å²) in [7, 11) is 0. The average molecular weight is 472 g/mol. The number of nitrogens with zero attached hydrogens (tertiary/aromatic N) is 6. The molecule has 1 aliphatic rings. The second kappa shape index (κ2) is 10.8. The highest BCUT2D eigenvalue weighted by Gasteiger charge is 2.19. The number of unbranched alkanes of at least 4 members (excludes halogenated alkanes) is 1. The van der Waals surface area contributed by atoms with Crippen molar-refractivity contribution < 1.29 is 0 Å². The lowest BCUT2D eigenvalue weighted by Crippen LogP contribution is -2.29. The molecule has 0 unspecified atom stereocenters. The summed E-state index contributed by atoms with van der Waals surface area (Å²) in [6, 6.07) is 16.5. The number of aryl methyl sites for hydroxylation is 1. The van der Waals surface area contributed by atoms with E-state index in [1.54, 1.807) is 4.68 Å². The maximum Gasteiger partial charge on any atom is 0.346 e. The van der Waals surface area contributed by atoms with Crippen molar-refractivity contribution in [1.82, 2.24) is 35.0 Å². The van der Waals surface area contributed by atoms with Crippen molar-refractivity contribution in [2.24, 2.45) is 5.92 Å². The van der Waals surface area contributed by atoms with Crippen molar-refractivity contribution in [2.75, 3.05) is 0 Å². The van der Waals surface area contributed by atoms with Crippen LogP contribution in [0, 0.1) is 5.92 Å². The third-order valence-electron chi connectivity index (χ3n) is 7.02. The zero-order chi connectivity index (χ0) is 24.0. The van der Waals surface area contributed by atoms with Gasteiger partial charge in [-0.3, -0.25) is 4.57 Å². The SMILES string of the molecule is CCCCc1nn(CC2CCCCC2)c(=O)n1Cc1ccc(-c2cccc(-c3nnn[nH]3)c2)cc1. The van der Waals surface area contributed by atoms with Crippen molar-refractivity contribution in [3.05, 3.63) is 70.4 Å². The zero-order valence-corrected chi connectivity index (χ0v) is 20.4. The predicted molar refractivity (Wildman–Crippen MR) is 136 cm³/mol. The van der Waals surface area contributed by atoms with Crippen LogP contribution in [-0.4, -0.2) is 35.0 Å². The Balaban J connectivity index is 1.36. The Morgan fingerprint density at radius 3 is 2.54 bits per heavy atom. The van der Waals surface area contributed by atoms with Gasteiger partial charge in [0.25, 0.3) is 0 Å². The normalized spacial score (nSPS) is 14.4. The van der Waals surface area contributed by atoms with Gasteiger partial charge in [0.15, 0.2) is 5.82 Å². The second-order valence-electron chi connectivity index (χ2n) is 9.60. The van der Waals surface area contributed by atoms with Crippen molar-refractivity contribution in [3.8, 4) is 22.5 Å². The third-order valence-corrected chi connectivity index (χ3v) is 7.02. The van der Waals surface area contributed by atoms with Gasteiger partial charge >= 0.3 is 5.69 Å². The van der Waals surface area contributed by atoms with Crippen LogP contribution >= 0.6 is 0 Å². The van der Waals surface area contributed by atoms with Gasteiger partial charge in [0.05, 0.1) is 6.54 Å². The van der Waals surface area contributed by atoms with E-state index in [-0.39, 0.29) is 5.69 Å². The molecule has 0 atom stereocenters. The minimum absolute atomic E-state index is 0.0270.